The van der Waals surface area contributed by atoms with Gasteiger partial charge in [0.25, 0.3) is 11.7 Å². The van der Waals surface area contributed by atoms with Gasteiger partial charge in [-0.15, -0.1) is 0 Å². The molecular formula is C29H38N2O5. The van der Waals surface area contributed by atoms with Crippen molar-refractivity contribution in [1.82, 2.24) is 9.80 Å². The van der Waals surface area contributed by atoms with Crippen LogP contribution in [0.15, 0.2) is 48.0 Å². The van der Waals surface area contributed by atoms with Crippen LogP contribution in [0.5, 0.6) is 11.5 Å². The van der Waals surface area contributed by atoms with Gasteiger partial charge in [0, 0.05) is 18.7 Å². The average molecular weight is 495 g/mol. The second-order valence-electron chi connectivity index (χ2n) is 9.71. The number of carbonyl (C=O) groups is 2. The predicted octanol–water partition coefficient (Wildman–Crippen LogP) is 4.94. The zero-order valence-corrected chi connectivity index (χ0v) is 22.2. The summed E-state index contributed by atoms with van der Waals surface area (Å²) in [5.74, 6) is -0.0342. The molecule has 1 unspecified atom stereocenters. The van der Waals surface area contributed by atoms with E-state index in [1.165, 1.54) is 0 Å². The molecule has 194 valence electrons. The molecule has 1 heterocycles. The zero-order valence-electron chi connectivity index (χ0n) is 22.2. The van der Waals surface area contributed by atoms with Crippen LogP contribution in [0.3, 0.4) is 0 Å². The minimum Gasteiger partial charge on any atom is -0.507 e. The predicted molar refractivity (Wildman–Crippen MR) is 141 cm³/mol. The fourth-order valence-corrected chi connectivity index (χ4v) is 4.18. The van der Waals surface area contributed by atoms with E-state index in [2.05, 4.69) is 6.92 Å². The lowest BCUT2D eigenvalue weighted by molar-refractivity contribution is -0.140. The Bertz CT molecular complexity index is 1110. The topological polar surface area (TPSA) is 79.3 Å². The number of unbranched alkanes of at least 4 members (excludes halogenated alkanes) is 1. The summed E-state index contributed by atoms with van der Waals surface area (Å²) >= 11 is 0. The minimum atomic E-state index is -0.693. The number of ether oxygens (including phenoxy) is 2. The Hall–Kier alpha value is -3.32. The number of ketones is 1. The van der Waals surface area contributed by atoms with Gasteiger partial charge in [0.1, 0.15) is 17.3 Å². The Morgan fingerprint density at radius 2 is 1.81 bits per heavy atom. The second-order valence-corrected chi connectivity index (χ2v) is 9.71. The van der Waals surface area contributed by atoms with Crippen molar-refractivity contribution in [3.05, 3.63) is 64.7 Å². The molecule has 2 aromatic carbocycles. The third-order valence-corrected chi connectivity index (χ3v) is 6.10. The first-order valence-corrected chi connectivity index (χ1v) is 12.6. The molecule has 0 radical (unpaired) electrons. The number of carbonyl (C=O) groups excluding carboxylic acids is 2. The summed E-state index contributed by atoms with van der Waals surface area (Å²) in [6.07, 6.45) is 2.02. The monoisotopic (exact) mass is 494 g/mol. The first-order valence-electron chi connectivity index (χ1n) is 12.6. The third kappa shape index (κ3) is 6.26. The number of amides is 1. The van der Waals surface area contributed by atoms with Gasteiger partial charge in [0.15, 0.2) is 0 Å². The van der Waals surface area contributed by atoms with Gasteiger partial charge in [-0.05, 0) is 82.7 Å². The Morgan fingerprint density at radius 3 is 2.39 bits per heavy atom. The molecule has 0 bridgehead atoms. The molecule has 0 saturated carbocycles. The Kier molecular flexibility index (Phi) is 9.15. The van der Waals surface area contributed by atoms with Crippen LogP contribution in [-0.4, -0.2) is 66.5 Å². The summed E-state index contributed by atoms with van der Waals surface area (Å²) in [6, 6.07) is 12.0. The number of aryl methyl sites for hydroxylation is 1. The fourth-order valence-electron chi connectivity index (χ4n) is 4.18. The van der Waals surface area contributed by atoms with Gasteiger partial charge in [-0.3, -0.25) is 9.59 Å². The smallest absolute Gasteiger partial charge is 0.295 e. The molecule has 1 fully saturated rings. The SMILES string of the molecule is CCCCOc1ccc(C2C(=C(O)c3ccc(OC(C)C)c(C)c3)C(=O)C(=O)N2CCN(C)C)cc1. The van der Waals surface area contributed by atoms with Gasteiger partial charge < -0.3 is 24.4 Å². The fraction of sp³-hybridized carbons (Fsp3) is 0.448. The van der Waals surface area contributed by atoms with E-state index in [1.807, 2.05) is 64.0 Å². The molecule has 1 atom stereocenters. The first kappa shape index (κ1) is 27.3. The number of likely N-dealkylation sites (N-methyl/N-ethyl adjacent to an activating group) is 1. The van der Waals surface area contributed by atoms with E-state index < -0.39 is 17.7 Å². The highest BCUT2D eigenvalue weighted by molar-refractivity contribution is 6.46. The van der Waals surface area contributed by atoms with Crippen molar-refractivity contribution < 1.29 is 24.2 Å². The van der Waals surface area contributed by atoms with Crippen molar-refractivity contribution in [2.75, 3.05) is 33.8 Å². The summed E-state index contributed by atoms with van der Waals surface area (Å²) in [7, 11) is 3.83. The standard InChI is InChI=1S/C29H38N2O5/c1-7-8-17-35-23-12-9-21(10-13-23)26-25(28(33)29(34)31(26)16-15-30(5)6)27(32)22-11-14-24(20(4)18-22)36-19(2)3/h9-14,18-19,26,32H,7-8,15-17H2,1-6H3. The maximum atomic E-state index is 13.2. The molecule has 2 aromatic rings. The quantitative estimate of drug-likeness (QED) is 0.206. The summed E-state index contributed by atoms with van der Waals surface area (Å²) in [5.41, 5.74) is 2.14. The summed E-state index contributed by atoms with van der Waals surface area (Å²) in [5, 5.41) is 11.3. The van der Waals surface area contributed by atoms with Crippen LogP contribution in [0.1, 0.15) is 56.3 Å². The molecule has 1 aliphatic rings. The van der Waals surface area contributed by atoms with E-state index in [0.29, 0.717) is 31.0 Å². The number of hydrogen-bond donors (Lipinski definition) is 1. The van der Waals surface area contributed by atoms with E-state index in [-0.39, 0.29) is 17.4 Å². The van der Waals surface area contributed by atoms with Gasteiger partial charge in [-0.2, -0.15) is 0 Å². The molecule has 7 heteroatoms. The molecule has 0 aliphatic carbocycles. The number of aliphatic hydroxyl groups excluding tert-OH is 1. The summed E-state index contributed by atoms with van der Waals surface area (Å²) < 4.78 is 11.6. The van der Waals surface area contributed by atoms with E-state index in [4.69, 9.17) is 9.47 Å². The molecule has 0 spiro atoms. The van der Waals surface area contributed by atoms with Gasteiger partial charge >= 0.3 is 0 Å². The van der Waals surface area contributed by atoms with E-state index >= 15 is 0 Å². The van der Waals surface area contributed by atoms with Gasteiger partial charge in [0.05, 0.1) is 24.3 Å². The van der Waals surface area contributed by atoms with E-state index in [1.54, 1.807) is 23.1 Å². The van der Waals surface area contributed by atoms with Crippen LogP contribution in [0.2, 0.25) is 0 Å². The number of nitrogens with zero attached hydrogens (tertiary/aromatic N) is 2. The number of benzene rings is 2. The second kappa shape index (κ2) is 12.1. The molecule has 36 heavy (non-hydrogen) atoms. The number of Topliss-reactive ketones (excluding diaryl/α,β-unsaturated/α-hetero) is 1. The largest absolute Gasteiger partial charge is 0.507 e. The molecule has 1 aliphatic heterocycles. The van der Waals surface area contributed by atoms with Crippen LogP contribution in [-0.2, 0) is 9.59 Å². The van der Waals surface area contributed by atoms with Crippen molar-refractivity contribution in [2.24, 2.45) is 0 Å². The van der Waals surface area contributed by atoms with E-state index in [9.17, 15) is 14.7 Å². The zero-order chi connectivity index (χ0) is 26.4. The van der Waals surface area contributed by atoms with Crippen molar-refractivity contribution in [3.8, 4) is 11.5 Å². The molecule has 3 rings (SSSR count). The third-order valence-electron chi connectivity index (χ3n) is 6.10. The summed E-state index contributed by atoms with van der Waals surface area (Å²) in [4.78, 5) is 29.8. The number of hydrogen-bond acceptors (Lipinski definition) is 6. The van der Waals surface area contributed by atoms with Crippen molar-refractivity contribution in [3.63, 3.8) is 0 Å². The Balaban J connectivity index is 2.04. The highest BCUT2D eigenvalue weighted by atomic mass is 16.5. The molecule has 0 aromatic heterocycles. The van der Waals surface area contributed by atoms with Crippen molar-refractivity contribution >= 4 is 17.4 Å². The first-order chi connectivity index (χ1) is 17.1. The molecule has 7 nitrogen and oxygen atoms in total. The molecule has 1 N–H and O–H groups in total. The van der Waals surface area contributed by atoms with Crippen LogP contribution in [0.25, 0.3) is 5.76 Å². The lowest BCUT2D eigenvalue weighted by Crippen LogP contribution is -2.35. The highest BCUT2D eigenvalue weighted by Gasteiger charge is 2.45. The maximum absolute atomic E-state index is 13.2. The lowest BCUT2D eigenvalue weighted by Gasteiger charge is -2.26. The van der Waals surface area contributed by atoms with Crippen molar-refractivity contribution in [1.29, 1.82) is 0 Å². The number of likely N-dealkylation sites (tertiary alicyclic amines) is 1. The van der Waals surface area contributed by atoms with Gasteiger partial charge in [-0.1, -0.05) is 25.5 Å². The van der Waals surface area contributed by atoms with Gasteiger partial charge in [-0.25, -0.2) is 0 Å². The number of rotatable bonds is 11. The maximum Gasteiger partial charge on any atom is 0.295 e. The summed E-state index contributed by atoms with van der Waals surface area (Å²) in [6.45, 7) is 9.46. The lowest BCUT2D eigenvalue weighted by atomic mass is 9.94. The average Bonchev–Trinajstić information content (AvgIpc) is 3.08. The van der Waals surface area contributed by atoms with Crippen molar-refractivity contribution in [2.45, 2.75) is 52.7 Å². The highest BCUT2D eigenvalue weighted by Crippen LogP contribution is 2.40. The number of aliphatic hydroxyl groups is 1. The minimum absolute atomic E-state index is 0.0130. The molecule has 1 saturated heterocycles. The van der Waals surface area contributed by atoms with E-state index in [0.717, 1.165) is 29.7 Å². The van der Waals surface area contributed by atoms with Gasteiger partial charge in [0.2, 0.25) is 0 Å². The normalized spacial score (nSPS) is 17.3. The van der Waals surface area contributed by atoms with Crippen LogP contribution in [0.4, 0.5) is 0 Å². The van der Waals surface area contributed by atoms with Crippen LogP contribution in [0, 0.1) is 6.92 Å². The molecule has 1 amide bonds. The van der Waals surface area contributed by atoms with Crippen LogP contribution >= 0.6 is 0 Å². The Labute approximate surface area is 214 Å². The van der Waals surface area contributed by atoms with Crippen LogP contribution < -0.4 is 9.47 Å². The molecular weight excluding hydrogens is 456 g/mol. The Morgan fingerprint density at radius 1 is 1.11 bits per heavy atom.